The Labute approximate surface area is 128 Å². The molecule has 1 aromatic heterocycles. The summed E-state index contributed by atoms with van der Waals surface area (Å²) in [6.45, 7) is 8.66. The molecule has 0 bridgehead atoms. The summed E-state index contributed by atoms with van der Waals surface area (Å²) in [6, 6.07) is 0.0418. The second-order valence-corrected chi connectivity index (χ2v) is 5.80. The predicted octanol–water partition coefficient (Wildman–Crippen LogP) is 1.14. The van der Waals surface area contributed by atoms with E-state index in [-0.39, 0.29) is 30.2 Å². The first-order chi connectivity index (χ1) is 9.88. The molecule has 7 nitrogen and oxygen atoms in total. The first-order valence-corrected chi connectivity index (χ1v) is 7.79. The summed E-state index contributed by atoms with van der Waals surface area (Å²) in [4.78, 5) is 30.2. The van der Waals surface area contributed by atoms with E-state index in [9.17, 15) is 9.59 Å². The van der Waals surface area contributed by atoms with Crippen LogP contribution in [0.25, 0.3) is 0 Å². The van der Waals surface area contributed by atoms with Crippen LogP contribution in [0, 0.1) is 0 Å². The Bertz CT molecular complexity index is 501. The Morgan fingerprint density at radius 3 is 2.57 bits per heavy atom. The fraction of sp³-hybridized carbons (Fsp3) is 0.615. The monoisotopic (exact) mass is 313 g/mol. The van der Waals surface area contributed by atoms with Crippen molar-refractivity contribution in [1.29, 1.82) is 0 Å². The average molecular weight is 313 g/mol. The average Bonchev–Trinajstić information content (AvgIpc) is 2.75. The molecule has 0 saturated carbocycles. The van der Waals surface area contributed by atoms with Crippen LogP contribution in [0.15, 0.2) is 0 Å². The normalized spacial score (nSPS) is 10.5. The molecular weight excluding hydrogens is 290 g/mol. The number of hydrogen-bond acceptors (Lipinski definition) is 6. The molecule has 1 aromatic rings. The van der Waals surface area contributed by atoms with Gasteiger partial charge in [-0.15, -0.1) is 0 Å². The number of likely N-dealkylation sites (N-methyl/N-ethyl adjacent to an activating group) is 1. The van der Waals surface area contributed by atoms with Gasteiger partial charge in [-0.3, -0.25) is 9.59 Å². The lowest BCUT2D eigenvalue weighted by Crippen LogP contribution is -2.42. The molecule has 0 unspecified atom stereocenters. The third kappa shape index (κ3) is 4.89. The maximum absolute atomic E-state index is 12.4. The molecule has 8 heteroatoms. The summed E-state index contributed by atoms with van der Waals surface area (Å²) >= 11 is 1.21. The van der Waals surface area contributed by atoms with Gasteiger partial charge in [0, 0.05) is 19.1 Å². The lowest BCUT2D eigenvalue weighted by Gasteiger charge is -2.20. The summed E-state index contributed by atoms with van der Waals surface area (Å²) in [7, 11) is 0. The van der Waals surface area contributed by atoms with E-state index >= 15 is 0 Å². The molecule has 0 aliphatic rings. The SMILES string of the molecule is CCNc1nc(N)c(C(=O)N(CC)CC(=O)NC(C)C)s1. The van der Waals surface area contributed by atoms with Crippen LogP contribution in [0.3, 0.4) is 0 Å². The smallest absolute Gasteiger partial charge is 0.268 e. The summed E-state index contributed by atoms with van der Waals surface area (Å²) in [6.07, 6.45) is 0. The third-order valence-corrected chi connectivity index (χ3v) is 3.65. The second kappa shape index (κ2) is 7.82. The number of nitrogens with one attached hydrogen (secondary N) is 2. The number of amides is 2. The molecule has 0 atom stereocenters. The minimum absolute atomic E-state index is 0.0153. The summed E-state index contributed by atoms with van der Waals surface area (Å²) in [5, 5.41) is 6.40. The van der Waals surface area contributed by atoms with Gasteiger partial charge in [0.1, 0.15) is 10.7 Å². The van der Waals surface area contributed by atoms with Crippen LogP contribution in [0.5, 0.6) is 0 Å². The van der Waals surface area contributed by atoms with E-state index in [0.717, 1.165) is 0 Å². The number of carbonyl (C=O) groups excluding carboxylic acids is 2. The van der Waals surface area contributed by atoms with Crippen molar-refractivity contribution in [2.75, 3.05) is 30.7 Å². The van der Waals surface area contributed by atoms with Crippen LogP contribution in [0.1, 0.15) is 37.4 Å². The molecule has 0 aliphatic carbocycles. The molecule has 0 aromatic carbocycles. The molecule has 0 saturated heterocycles. The van der Waals surface area contributed by atoms with E-state index in [1.165, 1.54) is 16.2 Å². The fourth-order valence-corrected chi connectivity index (χ4v) is 2.64. The highest BCUT2D eigenvalue weighted by atomic mass is 32.1. The number of rotatable bonds is 7. The number of thiazole rings is 1. The molecule has 0 spiro atoms. The number of nitrogens with two attached hydrogens (primary N) is 1. The maximum atomic E-state index is 12.4. The molecule has 4 N–H and O–H groups in total. The van der Waals surface area contributed by atoms with E-state index in [0.29, 0.717) is 23.1 Å². The number of carbonyl (C=O) groups is 2. The van der Waals surface area contributed by atoms with Crippen molar-refractivity contribution in [1.82, 2.24) is 15.2 Å². The van der Waals surface area contributed by atoms with Crippen LogP contribution >= 0.6 is 11.3 Å². The zero-order valence-electron chi connectivity index (χ0n) is 12.9. The van der Waals surface area contributed by atoms with Gasteiger partial charge in [-0.2, -0.15) is 0 Å². The largest absolute Gasteiger partial charge is 0.382 e. The van der Waals surface area contributed by atoms with Crippen LogP contribution < -0.4 is 16.4 Å². The van der Waals surface area contributed by atoms with Crippen molar-refractivity contribution < 1.29 is 9.59 Å². The molecule has 2 amide bonds. The quantitative estimate of drug-likeness (QED) is 0.701. The topological polar surface area (TPSA) is 100 Å². The number of anilines is 2. The Morgan fingerprint density at radius 2 is 2.05 bits per heavy atom. The zero-order chi connectivity index (χ0) is 16.0. The highest BCUT2D eigenvalue weighted by molar-refractivity contribution is 7.18. The zero-order valence-corrected chi connectivity index (χ0v) is 13.7. The minimum atomic E-state index is -0.268. The van der Waals surface area contributed by atoms with Gasteiger partial charge in [0.2, 0.25) is 5.91 Å². The van der Waals surface area contributed by atoms with E-state index in [2.05, 4.69) is 15.6 Å². The van der Waals surface area contributed by atoms with Crippen molar-refractivity contribution in [3.8, 4) is 0 Å². The van der Waals surface area contributed by atoms with E-state index in [1.54, 1.807) is 0 Å². The van der Waals surface area contributed by atoms with Gasteiger partial charge in [0.25, 0.3) is 5.91 Å². The van der Waals surface area contributed by atoms with Crippen LogP contribution in [-0.4, -0.2) is 47.4 Å². The molecular formula is C13H23N5O2S. The highest BCUT2D eigenvalue weighted by Crippen LogP contribution is 2.26. The first kappa shape index (κ1) is 17.2. The van der Waals surface area contributed by atoms with Gasteiger partial charge in [-0.25, -0.2) is 4.98 Å². The van der Waals surface area contributed by atoms with Gasteiger partial charge >= 0.3 is 0 Å². The van der Waals surface area contributed by atoms with Gasteiger partial charge in [-0.1, -0.05) is 11.3 Å². The standard InChI is InChI=1S/C13H23N5O2S/c1-5-15-13-17-11(14)10(21-13)12(20)18(6-2)7-9(19)16-8(3)4/h8H,5-7,14H2,1-4H3,(H,15,17)(H,16,19). The van der Waals surface area contributed by atoms with Crippen molar-refractivity contribution >= 4 is 34.1 Å². The third-order valence-electron chi connectivity index (χ3n) is 2.63. The Kier molecular flexibility index (Phi) is 6.41. The minimum Gasteiger partial charge on any atom is -0.382 e. The second-order valence-electron chi connectivity index (χ2n) is 4.81. The van der Waals surface area contributed by atoms with E-state index < -0.39 is 0 Å². The summed E-state index contributed by atoms with van der Waals surface area (Å²) < 4.78 is 0. The molecule has 0 fully saturated rings. The van der Waals surface area contributed by atoms with Gasteiger partial charge in [0.15, 0.2) is 5.13 Å². The highest BCUT2D eigenvalue weighted by Gasteiger charge is 2.23. The lowest BCUT2D eigenvalue weighted by atomic mass is 10.3. The summed E-state index contributed by atoms with van der Waals surface area (Å²) in [5.41, 5.74) is 5.79. The van der Waals surface area contributed by atoms with Gasteiger partial charge in [-0.05, 0) is 27.7 Å². The number of aromatic nitrogens is 1. The van der Waals surface area contributed by atoms with Gasteiger partial charge in [0.05, 0.1) is 6.54 Å². The molecule has 21 heavy (non-hydrogen) atoms. The number of hydrogen-bond donors (Lipinski definition) is 3. The van der Waals surface area contributed by atoms with Crippen LogP contribution in [0.2, 0.25) is 0 Å². The lowest BCUT2D eigenvalue weighted by molar-refractivity contribution is -0.122. The van der Waals surface area contributed by atoms with Crippen molar-refractivity contribution in [3.05, 3.63) is 4.88 Å². The predicted molar refractivity (Wildman–Crippen MR) is 85.5 cm³/mol. The number of nitrogens with zero attached hydrogens (tertiary/aromatic N) is 2. The molecule has 0 aliphatic heterocycles. The van der Waals surface area contributed by atoms with Crippen LogP contribution in [-0.2, 0) is 4.79 Å². The maximum Gasteiger partial charge on any atom is 0.268 e. The fourth-order valence-electron chi connectivity index (χ4n) is 1.72. The molecule has 118 valence electrons. The van der Waals surface area contributed by atoms with Crippen LogP contribution in [0.4, 0.5) is 10.9 Å². The van der Waals surface area contributed by atoms with Crippen molar-refractivity contribution in [3.63, 3.8) is 0 Å². The van der Waals surface area contributed by atoms with E-state index in [1.807, 2.05) is 27.7 Å². The molecule has 0 radical (unpaired) electrons. The summed E-state index contributed by atoms with van der Waals surface area (Å²) in [5.74, 6) is -0.255. The van der Waals surface area contributed by atoms with Gasteiger partial charge < -0.3 is 21.3 Å². The molecule has 1 rings (SSSR count). The first-order valence-electron chi connectivity index (χ1n) is 6.97. The number of nitrogen functional groups attached to an aromatic ring is 1. The van der Waals surface area contributed by atoms with Crippen molar-refractivity contribution in [2.24, 2.45) is 0 Å². The molecule has 1 heterocycles. The van der Waals surface area contributed by atoms with Crippen molar-refractivity contribution in [2.45, 2.75) is 33.7 Å². The van der Waals surface area contributed by atoms with E-state index in [4.69, 9.17) is 5.73 Å². The Morgan fingerprint density at radius 1 is 1.38 bits per heavy atom. The Balaban J connectivity index is 2.81. The Hall–Kier alpha value is -1.83.